The van der Waals surface area contributed by atoms with Crippen LogP contribution >= 0.6 is 22.7 Å². The smallest absolute Gasteiger partial charge is 0.124 e. The second-order valence-electron chi connectivity index (χ2n) is 14.4. The summed E-state index contributed by atoms with van der Waals surface area (Å²) in [6, 6.07) is 74.5. The summed E-state index contributed by atoms with van der Waals surface area (Å²) >= 11 is 3.64. The Labute approximate surface area is 339 Å². The Bertz CT molecular complexity index is 3200. The number of thiophene rings is 1. The van der Waals surface area contributed by atoms with Crippen molar-refractivity contribution in [3.05, 3.63) is 206 Å². The van der Waals surface area contributed by atoms with E-state index in [1.807, 2.05) is 11.3 Å². The van der Waals surface area contributed by atoms with Gasteiger partial charge in [-0.3, -0.25) is 0 Å². The number of anilines is 3. The van der Waals surface area contributed by atoms with Crippen molar-refractivity contribution in [1.29, 1.82) is 0 Å². The van der Waals surface area contributed by atoms with Gasteiger partial charge in [-0.1, -0.05) is 152 Å². The minimum absolute atomic E-state index is 1.06. The molecule has 2 aromatic heterocycles. The van der Waals surface area contributed by atoms with Gasteiger partial charge in [0.1, 0.15) is 5.01 Å². The second-order valence-corrected chi connectivity index (χ2v) is 16.5. The maximum atomic E-state index is 5.05. The summed E-state index contributed by atoms with van der Waals surface area (Å²) in [5.74, 6) is 0. The van der Waals surface area contributed by atoms with Crippen molar-refractivity contribution in [2.24, 2.45) is 0 Å². The van der Waals surface area contributed by atoms with Crippen LogP contribution in [0.25, 0.3) is 85.1 Å². The molecule has 9 aromatic carbocycles. The molecule has 0 unspecified atom stereocenters. The average Bonchev–Trinajstić information content (AvgIpc) is 3.87. The molecular weight excluding hydrogens is 729 g/mol. The van der Waals surface area contributed by atoms with Crippen LogP contribution < -0.4 is 4.90 Å². The highest BCUT2D eigenvalue weighted by molar-refractivity contribution is 7.27. The van der Waals surface area contributed by atoms with Crippen molar-refractivity contribution in [1.82, 2.24) is 4.98 Å². The van der Waals surface area contributed by atoms with Crippen molar-refractivity contribution in [2.75, 3.05) is 4.90 Å². The summed E-state index contributed by atoms with van der Waals surface area (Å²) in [6.07, 6.45) is 0. The molecule has 0 amide bonds. The summed E-state index contributed by atoms with van der Waals surface area (Å²) in [5.41, 5.74) is 12.8. The summed E-state index contributed by atoms with van der Waals surface area (Å²) in [6.45, 7) is 0. The van der Waals surface area contributed by atoms with Crippen LogP contribution in [0.1, 0.15) is 0 Å². The van der Waals surface area contributed by atoms with Gasteiger partial charge in [0.15, 0.2) is 0 Å². The Balaban J connectivity index is 0.960. The van der Waals surface area contributed by atoms with Gasteiger partial charge >= 0.3 is 0 Å². The fourth-order valence-electron chi connectivity index (χ4n) is 7.99. The Morgan fingerprint density at radius 1 is 0.351 bits per heavy atom. The zero-order valence-corrected chi connectivity index (χ0v) is 32.5. The summed E-state index contributed by atoms with van der Waals surface area (Å²) in [4.78, 5) is 7.40. The van der Waals surface area contributed by atoms with Crippen molar-refractivity contribution in [2.45, 2.75) is 0 Å². The van der Waals surface area contributed by atoms with Gasteiger partial charge in [-0.25, -0.2) is 4.98 Å². The van der Waals surface area contributed by atoms with E-state index in [9.17, 15) is 0 Å². The number of fused-ring (bicyclic) bond motifs is 5. The lowest BCUT2D eigenvalue weighted by Crippen LogP contribution is -2.09. The summed E-state index contributed by atoms with van der Waals surface area (Å²) in [7, 11) is 0. The van der Waals surface area contributed by atoms with Gasteiger partial charge in [0.2, 0.25) is 0 Å². The third-order valence-corrected chi connectivity index (χ3v) is 13.2. The number of rotatable bonds is 7. The second kappa shape index (κ2) is 14.0. The third-order valence-electron chi connectivity index (χ3n) is 10.9. The van der Waals surface area contributed by atoms with Crippen LogP contribution in [-0.4, -0.2) is 4.98 Å². The first-order chi connectivity index (χ1) is 28.2. The first-order valence-corrected chi connectivity index (χ1v) is 20.8. The van der Waals surface area contributed by atoms with Crippen LogP contribution in [0.15, 0.2) is 206 Å². The van der Waals surface area contributed by atoms with Gasteiger partial charge in [-0.15, -0.1) is 22.7 Å². The highest BCUT2D eigenvalue weighted by atomic mass is 32.1. The van der Waals surface area contributed by atoms with Crippen LogP contribution in [0.2, 0.25) is 0 Å². The largest absolute Gasteiger partial charge is 0.311 e. The predicted octanol–water partition coefficient (Wildman–Crippen LogP) is 16.0. The lowest BCUT2D eigenvalue weighted by atomic mass is 10.0. The zero-order chi connectivity index (χ0) is 37.7. The minimum atomic E-state index is 1.06. The molecule has 11 aromatic rings. The minimum Gasteiger partial charge on any atom is -0.311 e. The molecule has 0 fully saturated rings. The molecule has 57 heavy (non-hydrogen) atoms. The Hall–Kier alpha value is -6.85. The first kappa shape index (κ1) is 33.5. The normalized spacial score (nSPS) is 11.5. The molecule has 0 aliphatic heterocycles. The van der Waals surface area contributed by atoms with Crippen LogP contribution in [-0.2, 0) is 0 Å². The number of thiazole rings is 1. The van der Waals surface area contributed by atoms with Crippen LogP contribution in [0.4, 0.5) is 17.1 Å². The number of hydrogen-bond acceptors (Lipinski definition) is 4. The highest BCUT2D eigenvalue weighted by Crippen LogP contribution is 2.44. The lowest BCUT2D eigenvalue weighted by Gasteiger charge is -2.26. The predicted molar refractivity (Wildman–Crippen MR) is 246 cm³/mol. The van der Waals surface area contributed by atoms with E-state index in [0.717, 1.165) is 27.6 Å². The fourth-order valence-corrected chi connectivity index (χ4v) is 10.3. The Morgan fingerprint density at radius 2 is 0.912 bits per heavy atom. The molecule has 0 spiro atoms. The van der Waals surface area contributed by atoms with E-state index in [2.05, 4.69) is 211 Å². The van der Waals surface area contributed by atoms with E-state index in [1.165, 1.54) is 74.6 Å². The molecule has 0 atom stereocenters. The average molecular weight is 763 g/mol. The third kappa shape index (κ3) is 6.16. The number of aromatic nitrogens is 1. The topological polar surface area (TPSA) is 16.1 Å². The molecular formula is C53H34N2S2. The maximum Gasteiger partial charge on any atom is 0.124 e. The molecule has 4 heteroatoms. The van der Waals surface area contributed by atoms with E-state index in [0.29, 0.717) is 0 Å². The van der Waals surface area contributed by atoms with Crippen LogP contribution in [0, 0.1) is 0 Å². The standard InChI is InChI=1S/C53H34N2S2/c1-3-10-35(11-4-1)37-20-26-43(27-21-37)55(44-28-22-38(23-29-44)42-19-18-36-12-7-8-15-41(36)32-42)45-30-24-39(25-31-45)46-16-9-17-47-48-33-49-51(34-50(48)56-52(46)47)57-53(54-49)40-13-5-2-6-14-40/h1-34H. The molecule has 268 valence electrons. The summed E-state index contributed by atoms with van der Waals surface area (Å²) < 4.78 is 3.82. The van der Waals surface area contributed by atoms with E-state index in [1.54, 1.807) is 11.3 Å². The number of hydrogen-bond donors (Lipinski definition) is 0. The molecule has 11 rings (SSSR count). The Morgan fingerprint density at radius 3 is 1.60 bits per heavy atom. The maximum absolute atomic E-state index is 5.05. The van der Waals surface area contributed by atoms with Gasteiger partial charge in [0.25, 0.3) is 0 Å². The molecule has 0 aliphatic carbocycles. The molecule has 0 radical (unpaired) electrons. The lowest BCUT2D eigenvalue weighted by molar-refractivity contribution is 1.28. The van der Waals surface area contributed by atoms with Gasteiger partial charge in [0.05, 0.1) is 10.2 Å². The number of nitrogens with zero attached hydrogens (tertiary/aromatic N) is 2. The molecule has 0 saturated heterocycles. The molecule has 0 saturated carbocycles. The molecule has 2 nitrogen and oxygen atoms in total. The number of benzene rings is 9. The first-order valence-electron chi connectivity index (χ1n) is 19.2. The van der Waals surface area contributed by atoms with Crippen LogP contribution in [0.3, 0.4) is 0 Å². The van der Waals surface area contributed by atoms with E-state index >= 15 is 0 Å². The molecule has 2 heterocycles. The highest BCUT2D eigenvalue weighted by Gasteiger charge is 2.17. The molecule has 0 bridgehead atoms. The molecule has 0 aliphatic rings. The van der Waals surface area contributed by atoms with E-state index in [4.69, 9.17) is 4.98 Å². The van der Waals surface area contributed by atoms with Crippen LogP contribution in [0.5, 0.6) is 0 Å². The van der Waals surface area contributed by atoms with Crippen molar-refractivity contribution in [3.8, 4) is 44.0 Å². The van der Waals surface area contributed by atoms with E-state index in [-0.39, 0.29) is 0 Å². The SMILES string of the molecule is c1ccc(-c2ccc(N(c3ccc(-c4ccc5ccccc5c4)cc3)c3ccc(-c4cccc5c4sc4cc6sc(-c7ccccc7)nc6cc45)cc3)cc2)cc1. The quantitative estimate of drug-likeness (QED) is 0.161. The van der Waals surface area contributed by atoms with Gasteiger partial charge in [0, 0.05) is 42.8 Å². The Kier molecular flexibility index (Phi) is 8.24. The van der Waals surface area contributed by atoms with Gasteiger partial charge in [-0.05, 0) is 98.8 Å². The monoisotopic (exact) mass is 762 g/mol. The molecule has 0 N–H and O–H groups in total. The fraction of sp³-hybridized carbons (Fsp3) is 0. The van der Waals surface area contributed by atoms with Crippen molar-refractivity contribution in [3.63, 3.8) is 0 Å². The van der Waals surface area contributed by atoms with Crippen molar-refractivity contribution < 1.29 is 0 Å². The zero-order valence-electron chi connectivity index (χ0n) is 30.8. The van der Waals surface area contributed by atoms with Gasteiger partial charge < -0.3 is 4.90 Å². The van der Waals surface area contributed by atoms with Crippen molar-refractivity contribution >= 4 is 80.9 Å². The van der Waals surface area contributed by atoms with Gasteiger partial charge in [-0.2, -0.15) is 0 Å². The summed E-state index contributed by atoms with van der Waals surface area (Å²) in [5, 5.41) is 6.11. The van der Waals surface area contributed by atoms with E-state index < -0.39 is 0 Å².